The molecule has 0 bridgehead atoms. The quantitative estimate of drug-likeness (QED) is 0.849. The smallest absolute Gasteiger partial charge is 0.139 e. The number of rotatable bonds is 1. The van der Waals surface area contributed by atoms with Crippen LogP contribution in [0.15, 0.2) is 16.6 Å². The highest BCUT2D eigenvalue weighted by Gasteiger charge is 2.31. The first-order valence-electron chi connectivity index (χ1n) is 6.14. The monoisotopic (exact) mass is 311 g/mol. The van der Waals surface area contributed by atoms with Gasteiger partial charge in [0.15, 0.2) is 0 Å². The van der Waals surface area contributed by atoms with Gasteiger partial charge in [-0.05, 0) is 41.4 Å². The van der Waals surface area contributed by atoms with Crippen molar-refractivity contribution in [3.05, 3.63) is 28.2 Å². The molecule has 5 heteroatoms. The third-order valence-electron chi connectivity index (χ3n) is 3.69. The van der Waals surface area contributed by atoms with Crippen molar-refractivity contribution in [1.29, 1.82) is 0 Å². The standard InChI is InChI=1S/C13H15BrFN3/c1-13(3-2-4-16-7-13)12-17-10-5-8(14)9(15)6-11(10)18-12/h5-6,16H,2-4,7H2,1H3,(H,17,18). The van der Waals surface area contributed by atoms with Gasteiger partial charge in [0.25, 0.3) is 0 Å². The van der Waals surface area contributed by atoms with Gasteiger partial charge in [-0.3, -0.25) is 0 Å². The summed E-state index contributed by atoms with van der Waals surface area (Å²) in [7, 11) is 0. The molecule has 1 aliphatic heterocycles. The summed E-state index contributed by atoms with van der Waals surface area (Å²) in [5.74, 6) is 0.687. The summed E-state index contributed by atoms with van der Waals surface area (Å²) in [6.45, 7) is 4.18. The zero-order chi connectivity index (χ0) is 12.8. The van der Waals surface area contributed by atoms with Gasteiger partial charge < -0.3 is 10.3 Å². The average Bonchev–Trinajstić information content (AvgIpc) is 2.74. The molecule has 1 saturated heterocycles. The summed E-state index contributed by atoms with van der Waals surface area (Å²) in [6.07, 6.45) is 2.25. The fourth-order valence-electron chi connectivity index (χ4n) is 2.55. The van der Waals surface area contributed by atoms with E-state index in [1.807, 2.05) is 0 Å². The van der Waals surface area contributed by atoms with Gasteiger partial charge in [-0.15, -0.1) is 0 Å². The van der Waals surface area contributed by atoms with Crippen LogP contribution in [0.25, 0.3) is 11.0 Å². The molecule has 1 unspecified atom stereocenters. The maximum absolute atomic E-state index is 13.5. The van der Waals surface area contributed by atoms with Crippen LogP contribution in [0.4, 0.5) is 4.39 Å². The van der Waals surface area contributed by atoms with Gasteiger partial charge in [-0.25, -0.2) is 9.37 Å². The Balaban J connectivity index is 2.07. The van der Waals surface area contributed by atoms with Gasteiger partial charge in [0.2, 0.25) is 0 Å². The lowest BCUT2D eigenvalue weighted by atomic mass is 9.82. The molecule has 2 N–H and O–H groups in total. The Morgan fingerprint density at radius 3 is 3.00 bits per heavy atom. The minimum absolute atomic E-state index is 0.0141. The number of hydrogen-bond donors (Lipinski definition) is 2. The summed E-state index contributed by atoms with van der Waals surface area (Å²) in [5, 5.41) is 3.40. The number of nitrogens with one attached hydrogen (secondary N) is 2. The third kappa shape index (κ3) is 1.95. The van der Waals surface area contributed by atoms with Gasteiger partial charge in [-0.1, -0.05) is 6.92 Å². The molecule has 1 aromatic heterocycles. The fraction of sp³-hybridized carbons (Fsp3) is 0.462. The van der Waals surface area contributed by atoms with Crippen LogP contribution < -0.4 is 5.32 Å². The highest BCUT2D eigenvalue weighted by molar-refractivity contribution is 9.10. The van der Waals surface area contributed by atoms with E-state index >= 15 is 0 Å². The van der Waals surface area contributed by atoms with Crippen molar-refractivity contribution >= 4 is 27.0 Å². The molecule has 0 saturated carbocycles. The number of halogens is 2. The van der Waals surface area contributed by atoms with Crippen molar-refractivity contribution in [2.24, 2.45) is 0 Å². The van der Waals surface area contributed by atoms with Gasteiger partial charge in [0, 0.05) is 18.0 Å². The number of piperidine rings is 1. The lowest BCUT2D eigenvalue weighted by Crippen LogP contribution is -2.41. The summed E-state index contributed by atoms with van der Waals surface area (Å²) in [4.78, 5) is 7.88. The first-order valence-corrected chi connectivity index (χ1v) is 6.94. The molecule has 0 aliphatic carbocycles. The Labute approximate surface area is 113 Å². The van der Waals surface area contributed by atoms with Crippen molar-refractivity contribution < 1.29 is 4.39 Å². The Morgan fingerprint density at radius 1 is 1.44 bits per heavy atom. The molecule has 0 radical (unpaired) electrons. The molecule has 96 valence electrons. The number of aromatic amines is 1. The van der Waals surface area contributed by atoms with Gasteiger partial charge in [0.1, 0.15) is 11.6 Å². The molecular formula is C13H15BrFN3. The van der Waals surface area contributed by atoms with E-state index in [2.05, 4.69) is 38.1 Å². The van der Waals surface area contributed by atoms with Crippen LogP contribution >= 0.6 is 15.9 Å². The van der Waals surface area contributed by atoms with E-state index in [0.717, 1.165) is 42.8 Å². The normalized spacial score (nSPS) is 24.6. The van der Waals surface area contributed by atoms with Crippen LogP contribution in [0, 0.1) is 5.82 Å². The van der Waals surface area contributed by atoms with E-state index in [4.69, 9.17) is 0 Å². The van der Waals surface area contributed by atoms with Gasteiger partial charge in [0.05, 0.1) is 15.5 Å². The minimum atomic E-state index is -0.260. The molecule has 1 aliphatic rings. The van der Waals surface area contributed by atoms with Crippen LogP contribution in [-0.2, 0) is 5.41 Å². The molecule has 0 spiro atoms. The highest BCUT2D eigenvalue weighted by atomic mass is 79.9. The molecule has 3 rings (SSSR count). The second-order valence-corrected chi connectivity index (χ2v) is 6.06. The van der Waals surface area contributed by atoms with Crippen LogP contribution in [0.1, 0.15) is 25.6 Å². The Hall–Kier alpha value is -0.940. The first-order chi connectivity index (χ1) is 8.58. The van der Waals surface area contributed by atoms with Crippen LogP contribution in [0.5, 0.6) is 0 Å². The SMILES string of the molecule is CC1(c2nc3cc(Br)c(F)cc3[nH]2)CCCNC1. The van der Waals surface area contributed by atoms with Crippen molar-refractivity contribution in [3.63, 3.8) is 0 Å². The van der Waals surface area contributed by atoms with Crippen molar-refractivity contribution in [3.8, 4) is 0 Å². The highest BCUT2D eigenvalue weighted by Crippen LogP contribution is 2.31. The van der Waals surface area contributed by atoms with E-state index in [-0.39, 0.29) is 11.2 Å². The molecule has 0 amide bonds. The largest absolute Gasteiger partial charge is 0.341 e. The lowest BCUT2D eigenvalue weighted by molar-refractivity contribution is 0.326. The van der Waals surface area contributed by atoms with E-state index in [9.17, 15) is 4.39 Å². The summed E-state index contributed by atoms with van der Waals surface area (Å²) < 4.78 is 13.9. The number of fused-ring (bicyclic) bond motifs is 1. The predicted octanol–water partition coefficient (Wildman–Crippen LogP) is 3.11. The number of hydrogen-bond acceptors (Lipinski definition) is 2. The van der Waals surface area contributed by atoms with Crippen molar-refractivity contribution in [2.45, 2.75) is 25.2 Å². The first kappa shape index (κ1) is 12.1. The summed E-state index contributed by atoms with van der Waals surface area (Å²) in [6, 6.07) is 3.22. The van der Waals surface area contributed by atoms with Gasteiger partial charge in [-0.2, -0.15) is 0 Å². The molecule has 1 atom stereocenters. The molecule has 18 heavy (non-hydrogen) atoms. The van der Waals surface area contributed by atoms with Crippen molar-refractivity contribution in [2.75, 3.05) is 13.1 Å². The van der Waals surface area contributed by atoms with Crippen LogP contribution in [-0.4, -0.2) is 23.1 Å². The van der Waals surface area contributed by atoms with Gasteiger partial charge >= 0.3 is 0 Å². The average molecular weight is 312 g/mol. The Kier molecular flexibility index (Phi) is 2.90. The summed E-state index contributed by atoms with van der Waals surface area (Å²) in [5.41, 5.74) is 1.59. The Morgan fingerprint density at radius 2 is 2.28 bits per heavy atom. The second kappa shape index (κ2) is 4.31. The second-order valence-electron chi connectivity index (χ2n) is 5.21. The van der Waals surface area contributed by atoms with E-state index in [1.165, 1.54) is 6.07 Å². The Bertz CT molecular complexity index is 548. The molecule has 1 fully saturated rings. The topological polar surface area (TPSA) is 40.7 Å². The molecule has 3 nitrogen and oxygen atoms in total. The van der Waals surface area contributed by atoms with Crippen LogP contribution in [0.3, 0.4) is 0 Å². The number of aromatic nitrogens is 2. The summed E-state index contributed by atoms with van der Waals surface area (Å²) >= 11 is 3.19. The molecular weight excluding hydrogens is 297 g/mol. The number of benzene rings is 1. The van der Waals surface area contributed by atoms with Crippen molar-refractivity contribution in [1.82, 2.24) is 15.3 Å². The number of H-pyrrole nitrogens is 1. The van der Waals surface area contributed by atoms with E-state index in [1.54, 1.807) is 6.07 Å². The zero-order valence-electron chi connectivity index (χ0n) is 10.2. The maximum atomic E-state index is 13.5. The molecule has 1 aromatic carbocycles. The lowest BCUT2D eigenvalue weighted by Gasteiger charge is -2.32. The minimum Gasteiger partial charge on any atom is -0.341 e. The third-order valence-corrected chi connectivity index (χ3v) is 4.30. The molecule has 2 aromatic rings. The maximum Gasteiger partial charge on any atom is 0.139 e. The number of nitrogens with zero attached hydrogens (tertiary/aromatic N) is 1. The van der Waals surface area contributed by atoms with E-state index < -0.39 is 0 Å². The zero-order valence-corrected chi connectivity index (χ0v) is 11.8. The van der Waals surface area contributed by atoms with E-state index in [0.29, 0.717) is 4.47 Å². The van der Waals surface area contributed by atoms with Crippen LogP contribution in [0.2, 0.25) is 0 Å². The fourth-order valence-corrected chi connectivity index (χ4v) is 2.88. The predicted molar refractivity (Wildman–Crippen MR) is 73.2 cm³/mol. The molecule has 2 heterocycles. The number of imidazole rings is 1.